The molecule has 0 saturated heterocycles. The topological polar surface area (TPSA) is 108 Å². The molecule has 0 amide bonds. The van der Waals surface area contributed by atoms with Crippen LogP contribution in [0, 0.1) is 0 Å². The Morgan fingerprint density at radius 1 is 0.275 bits per heavy atom. The van der Waals surface area contributed by atoms with Crippen molar-refractivity contribution in [1.29, 1.82) is 0 Å². The molecule has 10 nitrogen and oxygen atoms in total. The summed E-state index contributed by atoms with van der Waals surface area (Å²) in [4.78, 5) is 0. The van der Waals surface area contributed by atoms with E-state index in [-0.39, 0.29) is 31.7 Å². The van der Waals surface area contributed by atoms with Crippen molar-refractivity contribution in [3.8, 4) is 0 Å². The van der Waals surface area contributed by atoms with E-state index >= 15 is 0 Å². The first-order chi connectivity index (χ1) is 25.0. The van der Waals surface area contributed by atoms with E-state index in [4.69, 9.17) is 44.9 Å². The summed E-state index contributed by atoms with van der Waals surface area (Å²) in [5, 5.41) is 0. The maximum atomic E-state index is 8.48. The summed E-state index contributed by atoms with van der Waals surface area (Å²) in [5.74, 6) is 0. The fourth-order valence-electron chi connectivity index (χ4n) is 4.61. The molecule has 0 aliphatic carbocycles. The van der Waals surface area contributed by atoms with Gasteiger partial charge in [-0.05, 0) is 129 Å². The van der Waals surface area contributed by atoms with Gasteiger partial charge >= 0.3 is 24.6 Å². The number of hydrogen-bond donors (Lipinski definition) is 0. The second kappa shape index (κ2) is 51.6. The Labute approximate surface area is 327 Å². The van der Waals surface area contributed by atoms with Crippen LogP contribution < -0.4 is 0 Å². The van der Waals surface area contributed by atoms with Crippen LogP contribution in [0.15, 0.2) is 0 Å². The molecule has 0 saturated carbocycles. The molecular weight excluding hydrogens is 816 g/mol. The molecule has 0 aromatic carbocycles. The molecule has 0 aromatic rings. The minimum absolute atomic E-state index is 0.0310. The second-order valence-corrected chi connectivity index (χ2v) is 22.0. The van der Waals surface area contributed by atoms with Gasteiger partial charge in [-0.2, -0.15) is 0 Å². The number of rotatable bonds is 38. The van der Waals surface area contributed by atoms with Gasteiger partial charge < -0.3 is 37.9 Å². The van der Waals surface area contributed by atoms with Crippen LogP contribution in [0.5, 0.6) is 0 Å². The molecule has 0 spiro atoms. The Morgan fingerprint density at radius 3 is 0.490 bits per heavy atom. The molecule has 0 unspecified atom stereocenters. The molecule has 310 valence electrons. The predicted octanol–water partition coefficient (Wildman–Crippen LogP) is 7.95. The first-order valence-corrected chi connectivity index (χ1v) is 28.5. The van der Waals surface area contributed by atoms with Crippen LogP contribution in [0.2, 0.25) is 0 Å². The van der Waals surface area contributed by atoms with Crippen molar-refractivity contribution in [3.05, 3.63) is 0 Å². The van der Waals surface area contributed by atoms with E-state index in [1.807, 2.05) is 0 Å². The van der Waals surface area contributed by atoms with Gasteiger partial charge in [-0.3, -0.25) is 0 Å². The van der Waals surface area contributed by atoms with Crippen LogP contribution in [0.25, 0.3) is 0 Å². The SMILES string of the molecule is CCOCCP(CCOCC)CCP(CCOCC)CCOCC.CCOCCP(CCOCC)CCP(CCOCC)CCOCC.[O]=[100Tc+]=[O]. The normalized spacial score (nSPS) is 11.3. The van der Waals surface area contributed by atoms with Gasteiger partial charge in [-0.15, -0.1) is 31.7 Å². The van der Waals surface area contributed by atoms with E-state index in [1.165, 1.54) is 73.9 Å². The molecule has 0 aliphatic rings. The van der Waals surface area contributed by atoms with Crippen molar-refractivity contribution >= 4 is 31.7 Å². The molecule has 0 N–H and O–H groups in total. The predicted molar refractivity (Wildman–Crippen MR) is 219 cm³/mol. The van der Waals surface area contributed by atoms with E-state index < -0.39 is 17.6 Å². The van der Waals surface area contributed by atoms with Crippen molar-refractivity contribution in [2.45, 2.75) is 55.4 Å². The average Bonchev–Trinajstić information content (AvgIpc) is 3.13. The van der Waals surface area contributed by atoms with Crippen LogP contribution in [-0.4, -0.2) is 180 Å². The zero-order valence-electron chi connectivity index (χ0n) is 34.0. The molecule has 51 heavy (non-hydrogen) atoms. The fourth-order valence-corrected chi connectivity index (χ4v) is 14.9. The van der Waals surface area contributed by atoms with Crippen LogP contribution in [0.1, 0.15) is 55.4 Å². The summed E-state index contributed by atoms with van der Waals surface area (Å²) in [7, 11) is 0.124. The van der Waals surface area contributed by atoms with E-state index in [0.29, 0.717) is 0 Å². The van der Waals surface area contributed by atoms with Gasteiger partial charge in [0.2, 0.25) is 0 Å². The Kier molecular flexibility index (Phi) is 57.7. The summed E-state index contributed by atoms with van der Waals surface area (Å²) in [6.07, 6.45) is 15.1. The van der Waals surface area contributed by atoms with Gasteiger partial charge in [0.15, 0.2) is 0 Å². The first-order valence-electron chi connectivity index (χ1n) is 19.4. The van der Waals surface area contributed by atoms with Crippen molar-refractivity contribution in [2.24, 2.45) is 0 Å². The summed E-state index contributed by atoms with van der Waals surface area (Å²) in [5.41, 5.74) is 0. The fraction of sp³-hybridized carbons (Fsp3) is 1.00. The molecule has 0 radical (unpaired) electrons. The van der Waals surface area contributed by atoms with Gasteiger partial charge in [0.05, 0.1) is 52.9 Å². The van der Waals surface area contributed by atoms with Gasteiger partial charge in [0, 0.05) is 52.9 Å². The van der Waals surface area contributed by atoms with Gasteiger partial charge in [-0.25, -0.2) is 0 Å². The van der Waals surface area contributed by atoms with E-state index in [9.17, 15) is 0 Å². The minimum atomic E-state index is -1.91. The van der Waals surface area contributed by atoms with E-state index in [2.05, 4.69) is 55.4 Å². The molecule has 0 aromatic heterocycles. The first kappa shape index (κ1) is 57.0. The number of ether oxygens (including phenoxy) is 8. The van der Waals surface area contributed by atoms with Crippen molar-refractivity contribution in [1.82, 2.24) is 0 Å². The van der Waals surface area contributed by atoms with E-state index in [0.717, 1.165) is 106 Å². The summed E-state index contributed by atoms with van der Waals surface area (Å²) < 4.78 is 61.6. The van der Waals surface area contributed by atoms with Crippen molar-refractivity contribution in [3.63, 3.8) is 0 Å². The standard InChI is InChI=1S/2C18H40O4P2.2O.Tc/c2*1-5-19-9-13-23(14-10-20-6-2)17-18-24(15-11-21-7-3)16-12-22-8-4;;;/h2*5-18H2,1-4H3;;;/q;;;;+1/i;;;;1+2. The molecule has 0 atom stereocenters. The molecule has 0 bridgehead atoms. The van der Waals surface area contributed by atoms with Crippen molar-refractivity contribution in [2.75, 3.05) is 180 Å². The Balaban J connectivity index is -0.000000838. The summed E-state index contributed by atoms with van der Waals surface area (Å²) >= 11 is -1.91. The average molecular weight is 897 g/mol. The van der Waals surface area contributed by atoms with Crippen LogP contribution in [0.4, 0.5) is 0 Å². The van der Waals surface area contributed by atoms with Gasteiger partial charge in [-0.1, -0.05) is 0 Å². The zero-order chi connectivity index (χ0) is 38.5. The van der Waals surface area contributed by atoms with Crippen LogP contribution in [-0.2, 0) is 62.5 Å². The molecular formula is C36H80O10P4Tc+. The quantitative estimate of drug-likeness (QED) is 0.0448. The Hall–Kier alpha value is 1.65. The third-order valence-corrected chi connectivity index (χ3v) is 18.2. The molecule has 0 fully saturated rings. The maximum absolute atomic E-state index is 8.48. The third kappa shape index (κ3) is 47.7. The van der Waals surface area contributed by atoms with Gasteiger partial charge in [0.25, 0.3) is 0 Å². The van der Waals surface area contributed by atoms with Crippen LogP contribution >= 0.6 is 31.7 Å². The second-order valence-electron chi connectivity index (χ2n) is 11.0. The Bertz CT molecular complexity index is 537. The molecule has 0 heterocycles. The van der Waals surface area contributed by atoms with Crippen LogP contribution in [0.3, 0.4) is 0 Å². The Morgan fingerprint density at radius 2 is 0.392 bits per heavy atom. The summed E-state index contributed by atoms with van der Waals surface area (Å²) in [6.45, 7) is 30.4. The molecule has 15 heteroatoms. The molecule has 0 aliphatic heterocycles. The molecule has 0 rings (SSSR count). The number of hydrogen-bond acceptors (Lipinski definition) is 10. The zero-order valence-corrected chi connectivity index (χ0v) is 39.5. The van der Waals surface area contributed by atoms with Gasteiger partial charge in [0.1, 0.15) is 0 Å². The van der Waals surface area contributed by atoms with E-state index in [1.54, 1.807) is 0 Å². The third-order valence-electron chi connectivity index (χ3n) is 7.51. The monoisotopic (exact) mass is 896 g/mol. The van der Waals surface area contributed by atoms with Crippen molar-refractivity contribution < 1.29 is 62.5 Å². The summed E-state index contributed by atoms with van der Waals surface area (Å²) in [6, 6.07) is 0.